The zero-order valence-electron chi connectivity index (χ0n) is 16.3. The van der Waals surface area contributed by atoms with E-state index in [4.69, 9.17) is 26.2 Å². The van der Waals surface area contributed by atoms with Crippen LogP contribution in [0.3, 0.4) is 0 Å². The second kappa shape index (κ2) is 8.81. The molecule has 8 nitrogen and oxygen atoms in total. The van der Waals surface area contributed by atoms with E-state index >= 15 is 0 Å². The molecule has 1 amide bonds. The molecule has 1 unspecified atom stereocenters. The molecule has 0 saturated heterocycles. The Morgan fingerprint density at radius 3 is 2.41 bits per heavy atom. The molecule has 3 N–H and O–H groups in total. The quantitative estimate of drug-likeness (QED) is 0.665. The van der Waals surface area contributed by atoms with Gasteiger partial charge in [0.25, 0.3) is 5.91 Å². The van der Waals surface area contributed by atoms with Crippen LogP contribution >= 0.6 is 11.6 Å². The van der Waals surface area contributed by atoms with Gasteiger partial charge in [0.15, 0.2) is 6.10 Å². The Morgan fingerprint density at radius 2 is 1.83 bits per heavy atom. The Kier molecular flexibility index (Phi) is 6.89. The van der Waals surface area contributed by atoms with Crippen LogP contribution in [-0.2, 0) is 19.6 Å². The SMILES string of the molecule is COc1ccc(Cl)cc1NC(=O)C(C)OC(=O)c1cc(C)c(C)c(S(N)(=O)=O)c1. The highest BCUT2D eigenvalue weighted by Crippen LogP contribution is 2.28. The number of aryl methyl sites for hydroxylation is 1. The highest BCUT2D eigenvalue weighted by atomic mass is 35.5. The molecule has 0 aliphatic heterocycles. The zero-order valence-corrected chi connectivity index (χ0v) is 17.8. The number of amides is 1. The predicted molar refractivity (Wildman–Crippen MR) is 109 cm³/mol. The Labute approximate surface area is 174 Å². The Bertz CT molecular complexity index is 1070. The lowest BCUT2D eigenvalue weighted by Gasteiger charge is -2.16. The summed E-state index contributed by atoms with van der Waals surface area (Å²) in [7, 11) is -2.59. The fraction of sp³-hybridized carbons (Fsp3) is 0.263. The van der Waals surface area contributed by atoms with Crippen LogP contribution in [-0.4, -0.2) is 33.5 Å². The molecule has 0 saturated carbocycles. The van der Waals surface area contributed by atoms with Crippen molar-refractivity contribution in [1.82, 2.24) is 0 Å². The minimum Gasteiger partial charge on any atom is -0.495 e. The highest BCUT2D eigenvalue weighted by Gasteiger charge is 2.23. The summed E-state index contributed by atoms with van der Waals surface area (Å²) in [5.41, 5.74) is 1.26. The molecular formula is C19H21ClN2O6S. The first-order valence-electron chi connectivity index (χ1n) is 8.43. The van der Waals surface area contributed by atoms with Crippen molar-refractivity contribution in [2.24, 2.45) is 5.14 Å². The van der Waals surface area contributed by atoms with Gasteiger partial charge in [0.1, 0.15) is 5.75 Å². The van der Waals surface area contributed by atoms with Gasteiger partial charge >= 0.3 is 5.97 Å². The summed E-state index contributed by atoms with van der Waals surface area (Å²) in [6.07, 6.45) is -1.18. The molecule has 29 heavy (non-hydrogen) atoms. The molecule has 156 valence electrons. The van der Waals surface area contributed by atoms with Gasteiger partial charge in [-0.2, -0.15) is 0 Å². The standard InChI is InChI=1S/C19H21ClN2O6S/c1-10-7-13(8-17(11(10)2)29(21,25)26)19(24)28-12(3)18(23)22-15-9-14(20)5-6-16(15)27-4/h5-9,12H,1-4H3,(H,22,23)(H2,21,25,26). The highest BCUT2D eigenvalue weighted by molar-refractivity contribution is 7.89. The number of rotatable bonds is 6. The van der Waals surface area contributed by atoms with Gasteiger partial charge in [-0.25, -0.2) is 18.4 Å². The number of primary sulfonamides is 1. The smallest absolute Gasteiger partial charge is 0.338 e. The molecule has 0 heterocycles. The maximum atomic E-state index is 12.4. The molecule has 1 atom stereocenters. The van der Waals surface area contributed by atoms with E-state index in [2.05, 4.69) is 5.32 Å². The van der Waals surface area contributed by atoms with Gasteiger partial charge in [-0.15, -0.1) is 0 Å². The van der Waals surface area contributed by atoms with E-state index in [0.29, 0.717) is 27.6 Å². The van der Waals surface area contributed by atoms with Crippen LogP contribution in [0.2, 0.25) is 5.02 Å². The van der Waals surface area contributed by atoms with Crippen molar-refractivity contribution in [3.8, 4) is 5.75 Å². The number of sulfonamides is 1. The van der Waals surface area contributed by atoms with Crippen molar-refractivity contribution in [2.45, 2.75) is 31.8 Å². The average molecular weight is 441 g/mol. The van der Waals surface area contributed by atoms with Crippen LogP contribution in [0.1, 0.15) is 28.4 Å². The Hall–Kier alpha value is -2.62. The van der Waals surface area contributed by atoms with Crippen LogP contribution in [0.5, 0.6) is 5.75 Å². The van der Waals surface area contributed by atoms with Gasteiger partial charge in [-0.05, 0) is 62.2 Å². The first-order chi connectivity index (χ1) is 13.4. The maximum absolute atomic E-state index is 12.4. The molecule has 0 aliphatic carbocycles. The van der Waals surface area contributed by atoms with Crippen LogP contribution in [0.4, 0.5) is 5.69 Å². The maximum Gasteiger partial charge on any atom is 0.338 e. The summed E-state index contributed by atoms with van der Waals surface area (Å²) in [6, 6.07) is 7.27. The van der Waals surface area contributed by atoms with E-state index in [0.717, 1.165) is 6.07 Å². The van der Waals surface area contributed by atoms with E-state index < -0.39 is 28.0 Å². The van der Waals surface area contributed by atoms with E-state index in [1.54, 1.807) is 26.0 Å². The van der Waals surface area contributed by atoms with Gasteiger partial charge in [0.05, 0.1) is 23.3 Å². The number of carbonyl (C=O) groups is 2. The lowest BCUT2D eigenvalue weighted by Crippen LogP contribution is -2.30. The average Bonchev–Trinajstić information content (AvgIpc) is 2.62. The van der Waals surface area contributed by atoms with Gasteiger partial charge in [-0.3, -0.25) is 4.79 Å². The van der Waals surface area contributed by atoms with Crippen LogP contribution in [0, 0.1) is 13.8 Å². The topological polar surface area (TPSA) is 125 Å². The number of benzene rings is 2. The number of esters is 1. The first-order valence-corrected chi connectivity index (χ1v) is 10.4. The van der Waals surface area contributed by atoms with E-state index in [-0.39, 0.29) is 10.5 Å². The monoisotopic (exact) mass is 440 g/mol. The van der Waals surface area contributed by atoms with Crippen LogP contribution in [0.15, 0.2) is 35.2 Å². The van der Waals surface area contributed by atoms with Crippen molar-refractivity contribution in [3.63, 3.8) is 0 Å². The summed E-state index contributed by atoms with van der Waals surface area (Å²) < 4.78 is 33.8. The number of hydrogen-bond acceptors (Lipinski definition) is 6. The number of methoxy groups -OCH3 is 1. The summed E-state index contributed by atoms with van der Waals surface area (Å²) in [4.78, 5) is 24.7. The first kappa shape index (κ1) is 22.7. The summed E-state index contributed by atoms with van der Waals surface area (Å²) >= 11 is 5.93. The third kappa shape index (κ3) is 5.47. The number of nitrogens with one attached hydrogen (secondary N) is 1. The second-order valence-corrected chi connectivity index (χ2v) is 8.31. The molecule has 10 heteroatoms. The number of nitrogens with two attached hydrogens (primary N) is 1. The molecule has 2 rings (SSSR count). The van der Waals surface area contributed by atoms with Gasteiger partial charge in [0.2, 0.25) is 10.0 Å². The molecule has 0 fully saturated rings. The minimum absolute atomic E-state index is 0.0305. The van der Waals surface area contributed by atoms with Crippen molar-refractivity contribution in [3.05, 3.63) is 52.0 Å². The molecular weight excluding hydrogens is 420 g/mol. The molecule has 2 aromatic rings. The number of ether oxygens (including phenoxy) is 2. The van der Waals surface area contributed by atoms with Crippen molar-refractivity contribution < 1.29 is 27.5 Å². The number of carbonyl (C=O) groups excluding carboxylic acids is 2. The number of hydrogen-bond donors (Lipinski definition) is 2. The van der Waals surface area contributed by atoms with E-state index in [1.165, 1.54) is 26.2 Å². The lowest BCUT2D eigenvalue weighted by molar-refractivity contribution is -0.123. The van der Waals surface area contributed by atoms with Crippen molar-refractivity contribution in [1.29, 1.82) is 0 Å². The van der Waals surface area contributed by atoms with E-state index in [1.807, 2.05) is 0 Å². The molecule has 0 aromatic heterocycles. The summed E-state index contributed by atoms with van der Waals surface area (Å²) in [5, 5.41) is 8.16. The number of anilines is 1. The molecule has 2 aromatic carbocycles. The van der Waals surface area contributed by atoms with E-state index in [9.17, 15) is 18.0 Å². The van der Waals surface area contributed by atoms with Gasteiger partial charge in [-0.1, -0.05) is 11.6 Å². The zero-order chi connectivity index (χ0) is 21.9. The molecule has 0 bridgehead atoms. The fourth-order valence-corrected chi connectivity index (χ4v) is 3.59. The molecule has 0 spiro atoms. The van der Waals surface area contributed by atoms with Crippen molar-refractivity contribution in [2.75, 3.05) is 12.4 Å². The minimum atomic E-state index is -4.02. The lowest BCUT2D eigenvalue weighted by atomic mass is 10.1. The fourth-order valence-electron chi connectivity index (χ4n) is 2.53. The van der Waals surface area contributed by atoms with Gasteiger partial charge < -0.3 is 14.8 Å². The normalized spacial score (nSPS) is 12.2. The second-order valence-electron chi connectivity index (χ2n) is 6.34. The molecule has 0 radical (unpaired) electrons. The Morgan fingerprint density at radius 1 is 1.17 bits per heavy atom. The summed E-state index contributed by atoms with van der Waals surface area (Å²) in [5.74, 6) is -1.10. The number of halogens is 1. The van der Waals surface area contributed by atoms with Crippen LogP contribution in [0.25, 0.3) is 0 Å². The third-order valence-corrected chi connectivity index (χ3v) is 5.51. The predicted octanol–water partition coefficient (Wildman–Crippen LogP) is 2.80. The third-order valence-electron chi connectivity index (χ3n) is 4.23. The Balaban J connectivity index is 2.20. The van der Waals surface area contributed by atoms with Crippen LogP contribution < -0.4 is 15.2 Å². The largest absolute Gasteiger partial charge is 0.495 e. The summed E-state index contributed by atoms with van der Waals surface area (Å²) in [6.45, 7) is 4.60. The molecule has 0 aliphatic rings. The van der Waals surface area contributed by atoms with Crippen molar-refractivity contribution >= 4 is 39.2 Å². The van der Waals surface area contributed by atoms with Gasteiger partial charge in [0, 0.05) is 5.02 Å².